The predicted octanol–water partition coefficient (Wildman–Crippen LogP) is 5.41. The molecule has 0 aliphatic heterocycles. The van der Waals surface area contributed by atoms with Crippen LogP contribution in [0.15, 0.2) is 115 Å². The van der Waals surface area contributed by atoms with Crippen LogP contribution < -0.4 is 26.5 Å². The van der Waals surface area contributed by atoms with Gasteiger partial charge in [0.25, 0.3) is 0 Å². The van der Waals surface area contributed by atoms with Crippen LogP contribution in [0.25, 0.3) is 0 Å². The second kappa shape index (κ2) is 11.0. The fourth-order valence-corrected chi connectivity index (χ4v) is 14.9. The first-order valence-electron chi connectivity index (χ1n) is 12.1. The molecular weight excluding hydrogens is 531 g/mol. The number of hydrogen-bond acceptors (Lipinski definition) is 1. The van der Waals surface area contributed by atoms with Crippen LogP contribution in [0.2, 0.25) is 0 Å². The zero-order valence-corrected chi connectivity index (χ0v) is 24.3. The molecular formula is C30H33NOP2Se. The molecule has 0 amide bonds. The third-order valence-electron chi connectivity index (χ3n) is 6.28. The Hall–Kier alpha value is -1.98. The van der Waals surface area contributed by atoms with E-state index in [1.54, 1.807) is 0 Å². The van der Waals surface area contributed by atoms with Crippen molar-refractivity contribution in [2.75, 3.05) is 0 Å². The van der Waals surface area contributed by atoms with Gasteiger partial charge in [-0.1, -0.05) is 0 Å². The van der Waals surface area contributed by atoms with Crippen LogP contribution >= 0.6 is 12.8 Å². The molecule has 4 rings (SSSR count). The van der Waals surface area contributed by atoms with Gasteiger partial charge in [0, 0.05) is 0 Å². The Morgan fingerprint density at radius 2 is 0.886 bits per heavy atom. The first-order valence-corrected chi connectivity index (χ1v) is 17.7. The number of nitrogens with zero attached hydrogens (tertiary/aromatic N) is 1. The van der Waals surface area contributed by atoms with E-state index in [1.165, 1.54) is 10.6 Å². The molecule has 0 radical (unpaired) electrons. The second-order valence-corrected chi connectivity index (χ2v) is 18.0. The van der Waals surface area contributed by atoms with E-state index in [0.29, 0.717) is 0 Å². The summed E-state index contributed by atoms with van der Waals surface area (Å²) in [6, 6.07) is 40.0. The van der Waals surface area contributed by atoms with Crippen molar-refractivity contribution in [1.82, 2.24) is 4.67 Å². The van der Waals surface area contributed by atoms with Crippen molar-refractivity contribution in [1.29, 1.82) is 0 Å². The quantitative estimate of drug-likeness (QED) is 0.211. The van der Waals surface area contributed by atoms with Gasteiger partial charge in [0.2, 0.25) is 0 Å². The molecule has 0 heterocycles. The maximum atomic E-state index is 15.7. The van der Waals surface area contributed by atoms with Gasteiger partial charge in [0.15, 0.2) is 0 Å². The van der Waals surface area contributed by atoms with E-state index in [4.69, 9.17) is 0 Å². The normalized spacial score (nSPS) is 13.8. The molecule has 2 nitrogen and oxygen atoms in total. The van der Waals surface area contributed by atoms with Crippen LogP contribution in [0.4, 0.5) is 0 Å². The van der Waals surface area contributed by atoms with E-state index < -0.39 is 12.8 Å². The van der Waals surface area contributed by atoms with Crippen molar-refractivity contribution in [2.24, 2.45) is 0 Å². The van der Waals surface area contributed by atoms with Crippen LogP contribution in [0.5, 0.6) is 0 Å². The minimum atomic E-state index is -3.18. The third kappa shape index (κ3) is 4.86. The van der Waals surface area contributed by atoms with Crippen LogP contribution in [0.3, 0.4) is 0 Å². The summed E-state index contributed by atoms with van der Waals surface area (Å²) in [5, 5.41) is 5.41. The fraction of sp³-hybridized carbons (Fsp3) is 0.200. The molecule has 0 saturated carbocycles. The Balaban J connectivity index is 2.11. The standard InChI is InChI=1S/C30H33NOP2Se/c1-24(2)31(25(3)4)34(32,28-20-12-7-13-21-28)30-23-15-14-22-29(30)33(35,26-16-8-5-9-17-26)27-18-10-6-11-19-27/h5-25H,1-4H3. The van der Waals surface area contributed by atoms with Gasteiger partial charge < -0.3 is 0 Å². The van der Waals surface area contributed by atoms with E-state index in [0.717, 1.165) is 15.9 Å². The maximum absolute atomic E-state index is 15.7. The van der Waals surface area contributed by atoms with E-state index >= 15 is 4.57 Å². The summed E-state index contributed by atoms with van der Waals surface area (Å²) in [6.45, 7) is 8.58. The van der Waals surface area contributed by atoms with Crippen molar-refractivity contribution in [3.63, 3.8) is 0 Å². The Morgan fingerprint density at radius 3 is 1.29 bits per heavy atom. The molecule has 4 aromatic carbocycles. The van der Waals surface area contributed by atoms with Crippen molar-refractivity contribution >= 4 is 54.4 Å². The van der Waals surface area contributed by atoms with Gasteiger partial charge in [-0.2, -0.15) is 0 Å². The minimum absolute atomic E-state index is 0.108. The topological polar surface area (TPSA) is 20.3 Å². The van der Waals surface area contributed by atoms with Crippen LogP contribution in [-0.2, 0) is 4.57 Å². The molecule has 5 heteroatoms. The SMILES string of the molecule is CC(C)N(C(C)C)P(=O)(c1ccccc1)c1ccccc1P(=[Se])(c1ccccc1)c1ccccc1. The molecule has 0 saturated heterocycles. The number of rotatable bonds is 8. The zero-order valence-electron chi connectivity index (χ0n) is 20.8. The third-order valence-corrected chi connectivity index (χ3v) is 17.1. The van der Waals surface area contributed by atoms with Crippen molar-refractivity contribution in [3.8, 4) is 0 Å². The molecule has 180 valence electrons. The summed E-state index contributed by atoms with van der Waals surface area (Å²) in [6.07, 6.45) is 0. The van der Waals surface area contributed by atoms with E-state index in [-0.39, 0.29) is 12.1 Å². The second-order valence-electron chi connectivity index (χ2n) is 9.25. The zero-order chi connectivity index (χ0) is 25.1. The van der Waals surface area contributed by atoms with Crippen molar-refractivity contribution < 1.29 is 4.57 Å². The molecule has 1 atom stereocenters. The van der Waals surface area contributed by atoms with E-state index in [2.05, 4.69) is 126 Å². The molecule has 0 aliphatic rings. The van der Waals surface area contributed by atoms with Gasteiger partial charge >= 0.3 is 219 Å². The van der Waals surface area contributed by atoms with Crippen molar-refractivity contribution in [3.05, 3.63) is 115 Å². The molecule has 1 unspecified atom stereocenters. The number of hydrogen-bond donors (Lipinski definition) is 0. The Labute approximate surface area is 218 Å². The Bertz CT molecular complexity index is 1300. The molecule has 0 spiro atoms. The molecule has 0 aliphatic carbocycles. The number of benzene rings is 4. The van der Waals surface area contributed by atoms with Gasteiger partial charge in [0.05, 0.1) is 0 Å². The van der Waals surface area contributed by atoms with Gasteiger partial charge in [0.1, 0.15) is 0 Å². The van der Waals surface area contributed by atoms with Gasteiger partial charge in [-0.3, -0.25) is 0 Å². The van der Waals surface area contributed by atoms with Crippen molar-refractivity contribution in [2.45, 2.75) is 39.8 Å². The summed E-state index contributed by atoms with van der Waals surface area (Å²) in [5.74, 6) is 0. The van der Waals surface area contributed by atoms with E-state index in [1.807, 2.05) is 36.4 Å². The fourth-order valence-electron chi connectivity index (χ4n) is 4.96. The monoisotopic (exact) mass is 565 g/mol. The molecule has 0 aromatic heterocycles. The summed E-state index contributed by atoms with van der Waals surface area (Å²) < 4.78 is 17.9. The molecule has 4 aromatic rings. The Morgan fingerprint density at radius 1 is 0.543 bits per heavy atom. The summed E-state index contributed by atoms with van der Waals surface area (Å²) in [4.78, 5) is 0. The van der Waals surface area contributed by atoms with Gasteiger partial charge in [-0.05, 0) is 0 Å². The summed E-state index contributed by atoms with van der Waals surface area (Å²) in [7, 11) is -3.18. The average molecular weight is 565 g/mol. The predicted molar refractivity (Wildman–Crippen MR) is 156 cm³/mol. The van der Waals surface area contributed by atoms with Crippen LogP contribution in [0, 0.1) is 0 Å². The molecule has 35 heavy (non-hydrogen) atoms. The van der Waals surface area contributed by atoms with Crippen LogP contribution in [0.1, 0.15) is 27.7 Å². The van der Waals surface area contributed by atoms with Crippen LogP contribution in [-0.4, -0.2) is 31.9 Å². The first-order chi connectivity index (χ1) is 16.8. The van der Waals surface area contributed by atoms with Gasteiger partial charge in [-0.15, -0.1) is 0 Å². The summed E-state index contributed by atoms with van der Waals surface area (Å²) in [5.41, 5.74) is -2.20. The molecule has 0 N–H and O–H groups in total. The molecule has 0 bridgehead atoms. The first kappa shape index (κ1) is 26.1. The molecule has 0 fully saturated rings. The average Bonchev–Trinajstić information content (AvgIpc) is 2.89. The van der Waals surface area contributed by atoms with Gasteiger partial charge in [-0.25, -0.2) is 0 Å². The van der Waals surface area contributed by atoms with E-state index in [9.17, 15) is 0 Å². The summed E-state index contributed by atoms with van der Waals surface area (Å²) >= 11 is 3.67. The Kier molecular flexibility index (Phi) is 8.17.